The standard InChI is InChI=1S/C20H29N3O/c1-4-8-23-18-6-5-7-19(23)13-17(12-18)22-20(24)21-16-10-14(2)9-15(3)11-16/h4,9-11,17-19H,1,5-8,12-13H2,2-3H3,(H2,21,22,24)/p+1/t17?,18-,19+. The van der Waals surface area contributed by atoms with E-state index in [1.165, 1.54) is 30.4 Å². The van der Waals surface area contributed by atoms with Crippen molar-refractivity contribution in [1.82, 2.24) is 5.32 Å². The number of benzene rings is 1. The molecule has 1 aromatic rings. The van der Waals surface area contributed by atoms with Gasteiger partial charge < -0.3 is 15.5 Å². The van der Waals surface area contributed by atoms with E-state index in [0.29, 0.717) is 18.1 Å². The number of carbonyl (C=O) groups excluding carboxylic acids is 1. The zero-order chi connectivity index (χ0) is 17.1. The van der Waals surface area contributed by atoms with Gasteiger partial charge in [-0.3, -0.25) is 0 Å². The number of urea groups is 1. The molecule has 3 N–H and O–H groups in total. The lowest BCUT2D eigenvalue weighted by Crippen LogP contribution is -3.21. The first-order valence-corrected chi connectivity index (χ1v) is 9.17. The van der Waals surface area contributed by atoms with Gasteiger partial charge >= 0.3 is 6.03 Å². The monoisotopic (exact) mass is 328 g/mol. The summed E-state index contributed by atoms with van der Waals surface area (Å²) < 4.78 is 0. The number of amides is 2. The summed E-state index contributed by atoms with van der Waals surface area (Å²) in [5, 5.41) is 6.21. The molecule has 130 valence electrons. The highest BCUT2D eigenvalue weighted by Crippen LogP contribution is 2.22. The predicted octanol–water partition coefficient (Wildman–Crippen LogP) is 2.58. The number of nitrogens with one attached hydrogen (secondary N) is 3. The number of hydrogen-bond donors (Lipinski definition) is 3. The third-order valence-electron chi connectivity index (χ3n) is 5.49. The minimum atomic E-state index is -0.0738. The van der Waals surface area contributed by atoms with E-state index in [4.69, 9.17) is 0 Å². The van der Waals surface area contributed by atoms with Crippen molar-refractivity contribution in [1.29, 1.82) is 0 Å². The fraction of sp³-hybridized carbons (Fsp3) is 0.550. The van der Waals surface area contributed by atoms with Gasteiger partial charge in [0, 0.05) is 24.6 Å². The third kappa shape index (κ3) is 3.99. The van der Waals surface area contributed by atoms with Crippen LogP contribution < -0.4 is 15.5 Å². The minimum Gasteiger partial charge on any atom is -0.335 e. The molecule has 2 aliphatic rings. The van der Waals surface area contributed by atoms with E-state index in [9.17, 15) is 4.79 Å². The predicted molar refractivity (Wildman–Crippen MR) is 98.5 cm³/mol. The van der Waals surface area contributed by atoms with Gasteiger partial charge in [0.15, 0.2) is 0 Å². The molecule has 0 aromatic heterocycles. The second-order valence-electron chi connectivity index (χ2n) is 7.54. The van der Waals surface area contributed by atoms with Gasteiger partial charge in [-0.15, -0.1) is 0 Å². The molecule has 0 aliphatic carbocycles. The topological polar surface area (TPSA) is 45.6 Å². The molecule has 2 unspecified atom stereocenters. The third-order valence-corrected chi connectivity index (χ3v) is 5.49. The molecular formula is C20H30N3O+. The molecule has 2 saturated heterocycles. The number of piperidine rings is 2. The van der Waals surface area contributed by atoms with Crippen LogP contribution in [0.3, 0.4) is 0 Å². The SMILES string of the molecule is C=CC[NH+]1[C@@H]2CCC[C@H]1CC(NC(=O)Nc1cc(C)cc(C)c1)C2. The smallest absolute Gasteiger partial charge is 0.319 e. The van der Waals surface area contributed by atoms with Crippen molar-refractivity contribution in [2.75, 3.05) is 11.9 Å². The van der Waals surface area contributed by atoms with E-state index in [0.717, 1.165) is 25.1 Å². The summed E-state index contributed by atoms with van der Waals surface area (Å²) in [7, 11) is 0. The summed E-state index contributed by atoms with van der Waals surface area (Å²) in [6, 6.07) is 7.69. The zero-order valence-electron chi connectivity index (χ0n) is 14.9. The first-order valence-electron chi connectivity index (χ1n) is 9.17. The van der Waals surface area contributed by atoms with Crippen molar-refractivity contribution in [3.63, 3.8) is 0 Å². The number of quaternary nitrogens is 1. The molecule has 0 radical (unpaired) electrons. The highest BCUT2D eigenvalue weighted by atomic mass is 16.2. The van der Waals surface area contributed by atoms with Crippen LogP contribution in [-0.2, 0) is 0 Å². The lowest BCUT2D eigenvalue weighted by molar-refractivity contribution is -0.955. The van der Waals surface area contributed by atoms with Crippen LogP contribution in [-0.4, -0.2) is 30.7 Å². The number of aryl methyl sites for hydroxylation is 2. The van der Waals surface area contributed by atoms with E-state index in [2.05, 4.69) is 37.1 Å². The molecule has 0 saturated carbocycles. The molecule has 2 heterocycles. The van der Waals surface area contributed by atoms with E-state index in [1.54, 1.807) is 4.90 Å². The van der Waals surface area contributed by atoms with Crippen LogP contribution in [0.2, 0.25) is 0 Å². The second-order valence-corrected chi connectivity index (χ2v) is 7.54. The largest absolute Gasteiger partial charge is 0.335 e. The van der Waals surface area contributed by atoms with Crippen LogP contribution in [0.5, 0.6) is 0 Å². The number of carbonyl (C=O) groups is 1. The van der Waals surface area contributed by atoms with Crippen molar-refractivity contribution in [3.05, 3.63) is 42.0 Å². The number of anilines is 1. The lowest BCUT2D eigenvalue weighted by Gasteiger charge is -2.45. The molecule has 4 nitrogen and oxygen atoms in total. The molecule has 2 fully saturated rings. The van der Waals surface area contributed by atoms with Crippen LogP contribution in [0.15, 0.2) is 30.9 Å². The van der Waals surface area contributed by atoms with Gasteiger partial charge in [0.1, 0.15) is 0 Å². The minimum absolute atomic E-state index is 0.0738. The Hall–Kier alpha value is -1.81. The molecule has 4 atom stereocenters. The maximum atomic E-state index is 12.4. The molecule has 4 heteroatoms. The quantitative estimate of drug-likeness (QED) is 0.731. The molecule has 2 bridgehead atoms. The maximum Gasteiger partial charge on any atom is 0.319 e. The molecule has 0 spiro atoms. The van der Waals surface area contributed by atoms with Gasteiger partial charge in [-0.1, -0.05) is 12.6 Å². The first-order chi connectivity index (χ1) is 11.5. The van der Waals surface area contributed by atoms with E-state index >= 15 is 0 Å². The van der Waals surface area contributed by atoms with Gasteiger partial charge in [-0.2, -0.15) is 0 Å². The Balaban J connectivity index is 1.58. The van der Waals surface area contributed by atoms with Gasteiger partial charge in [-0.25, -0.2) is 4.79 Å². The van der Waals surface area contributed by atoms with Gasteiger partial charge in [0.05, 0.1) is 18.6 Å². The fourth-order valence-electron chi connectivity index (χ4n) is 4.65. The summed E-state index contributed by atoms with van der Waals surface area (Å²) in [6.07, 6.45) is 8.09. The average molecular weight is 328 g/mol. The summed E-state index contributed by atoms with van der Waals surface area (Å²) in [5.74, 6) is 0. The number of hydrogen-bond acceptors (Lipinski definition) is 1. The van der Waals surface area contributed by atoms with E-state index in [-0.39, 0.29) is 6.03 Å². The van der Waals surface area contributed by atoms with Crippen molar-refractivity contribution < 1.29 is 9.69 Å². The summed E-state index contributed by atoms with van der Waals surface area (Å²) in [5.41, 5.74) is 3.21. The Kier molecular flexibility index (Phi) is 5.24. The molecular weight excluding hydrogens is 298 g/mol. The Morgan fingerprint density at radius 1 is 1.21 bits per heavy atom. The van der Waals surface area contributed by atoms with Crippen LogP contribution in [0.4, 0.5) is 10.5 Å². The van der Waals surface area contributed by atoms with Crippen molar-refractivity contribution in [3.8, 4) is 0 Å². The van der Waals surface area contributed by atoms with Crippen LogP contribution >= 0.6 is 0 Å². The van der Waals surface area contributed by atoms with Gasteiger partial charge in [-0.05, 0) is 62.4 Å². The molecule has 2 amide bonds. The normalized spacial score (nSPS) is 28.9. The average Bonchev–Trinajstić information content (AvgIpc) is 2.47. The van der Waals surface area contributed by atoms with Gasteiger partial charge in [0.2, 0.25) is 0 Å². The highest BCUT2D eigenvalue weighted by Gasteiger charge is 2.41. The Morgan fingerprint density at radius 2 is 1.83 bits per heavy atom. The zero-order valence-corrected chi connectivity index (χ0v) is 14.9. The van der Waals surface area contributed by atoms with Crippen molar-refractivity contribution in [2.24, 2.45) is 0 Å². The molecule has 1 aromatic carbocycles. The maximum absolute atomic E-state index is 12.4. The molecule has 3 rings (SSSR count). The lowest BCUT2D eigenvalue weighted by atomic mass is 9.82. The Bertz CT molecular complexity index is 579. The van der Waals surface area contributed by atoms with Crippen molar-refractivity contribution in [2.45, 2.75) is 64.1 Å². The van der Waals surface area contributed by atoms with Crippen molar-refractivity contribution >= 4 is 11.7 Å². The Labute approximate surface area is 145 Å². The summed E-state index contributed by atoms with van der Waals surface area (Å²) in [6.45, 7) is 9.06. The number of fused-ring (bicyclic) bond motifs is 2. The molecule has 24 heavy (non-hydrogen) atoms. The van der Waals surface area contributed by atoms with Crippen LogP contribution in [0.1, 0.15) is 43.2 Å². The highest BCUT2D eigenvalue weighted by molar-refractivity contribution is 5.89. The molecule has 2 aliphatic heterocycles. The first kappa shape index (κ1) is 17.0. The summed E-state index contributed by atoms with van der Waals surface area (Å²) >= 11 is 0. The summed E-state index contributed by atoms with van der Waals surface area (Å²) in [4.78, 5) is 14.1. The van der Waals surface area contributed by atoms with E-state index in [1.807, 2.05) is 18.2 Å². The van der Waals surface area contributed by atoms with Gasteiger partial charge in [0.25, 0.3) is 0 Å². The van der Waals surface area contributed by atoms with E-state index < -0.39 is 0 Å². The van der Waals surface area contributed by atoms with Crippen LogP contribution in [0.25, 0.3) is 0 Å². The Morgan fingerprint density at radius 3 is 2.42 bits per heavy atom. The fourth-order valence-corrected chi connectivity index (χ4v) is 4.65. The van der Waals surface area contributed by atoms with Crippen LogP contribution in [0, 0.1) is 13.8 Å². The second kappa shape index (κ2) is 7.39. The number of rotatable bonds is 4.